The van der Waals surface area contributed by atoms with E-state index in [1.807, 2.05) is 12.1 Å². The minimum Gasteiger partial charge on any atom is -0.310 e. The van der Waals surface area contributed by atoms with E-state index >= 15 is 0 Å². The number of nitrogens with one attached hydrogen (secondary N) is 1. The standard InChI is InChI=1S/C16H23Cl2N/c1-12(14-8-9-15(17)16(18)10-14)19-11-13-6-4-2-3-5-7-13/h8-10,12-13,19H,2-7,11H2,1H3. The smallest absolute Gasteiger partial charge is 0.0595 e. The summed E-state index contributed by atoms with van der Waals surface area (Å²) in [5.41, 5.74) is 1.21. The van der Waals surface area contributed by atoms with Crippen molar-refractivity contribution in [3.63, 3.8) is 0 Å². The molecule has 1 aliphatic carbocycles. The average Bonchev–Trinajstić information content (AvgIpc) is 2.67. The van der Waals surface area contributed by atoms with Crippen molar-refractivity contribution in [2.45, 2.75) is 51.5 Å². The topological polar surface area (TPSA) is 12.0 Å². The van der Waals surface area contributed by atoms with Gasteiger partial charge in [-0.3, -0.25) is 0 Å². The molecular weight excluding hydrogens is 277 g/mol. The zero-order valence-electron chi connectivity index (χ0n) is 11.6. The molecule has 1 fully saturated rings. The van der Waals surface area contributed by atoms with Gasteiger partial charge in [0.1, 0.15) is 0 Å². The van der Waals surface area contributed by atoms with E-state index in [1.54, 1.807) is 0 Å². The highest BCUT2D eigenvalue weighted by molar-refractivity contribution is 6.42. The molecule has 3 heteroatoms. The van der Waals surface area contributed by atoms with Gasteiger partial charge >= 0.3 is 0 Å². The second kappa shape index (κ2) is 7.52. The zero-order chi connectivity index (χ0) is 13.7. The molecule has 1 aromatic rings. The summed E-state index contributed by atoms with van der Waals surface area (Å²) >= 11 is 12.0. The van der Waals surface area contributed by atoms with Crippen LogP contribution in [0.2, 0.25) is 10.0 Å². The Morgan fingerprint density at radius 2 is 1.79 bits per heavy atom. The first-order valence-corrected chi connectivity index (χ1v) is 8.10. The van der Waals surface area contributed by atoms with Gasteiger partial charge in [-0.15, -0.1) is 0 Å². The van der Waals surface area contributed by atoms with E-state index in [-0.39, 0.29) is 0 Å². The van der Waals surface area contributed by atoms with Gasteiger partial charge in [0, 0.05) is 6.04 Å². The Labute approximate surface area is 126 Å². The number of hydrogen-bond donors (Lipinski definition) is 1. The Hall–Kier alpha value is -0.240. The molecule has 0 heterocycles. The molecule has 1 atom stereocenters. The van der Waals surface area contributed by atoms with Gasteiger partial charge in [-0.2, -0.15) is 0 Å². The highest BCUT2D eigenvalue weighted by Crippen LogP contribution is 2.26. The van der Waals surface area contributed by atoms with E-state index < -0.39 is 0 Å². The minimum absolute atomic E-state index is 0.331. The predicted octanol–water partition coefficient (Wildman–Crippen LogP) is 5.61. The molecule has 1 saturated carbocycles. The summed E-state index contributed by atoms with van der Waals surface area (Å²) in [5, 5.41) is 4.91. The van der Waals surface area contributed by atoms with Crippen molar-refractivity contribution < 1.29 is 0 Å². The molecule has 1 nitrogen and oxygen atoms in total. The largest absolute Gasteiger partial charge is 0.310 e. The fraction of sp³-hybridized carbons (Fsp3) is 0.625. The van der Waals surface area contributed by atoms with Gasteiger partial charge in [0.2, 0.25) is 0 Å². The van der Waals surface area contributed by atoms with Crippen LogP contribution in [0.5, 0.6) is 0 Å². The molecule has 0 saturated heterocycles. The van der Waals surface area contributed by atoms with Crippen molar-refractivity contribution in [1.82, 2.24) is 5.32 Å². The van der Waals surface area contributed by atoms with E-state index in [0.717, 1.165) is 12.5 Å². The van der Waals surface area contributed by atoms with Crippen molar-refractivity contribution in [3.8, 4) is 0 Å². The first-order valence-electron chi connectivity index (χ1n) is 7.35. The summed E-state index contributed by atoms with van der Waals surface area (Å²) in [6, 6.07) is 6.23. The lowest BCUT2D eigenvalue weighted by Gasteiger charge is -2.20. The lowest BCUT2D eigenvalue weighted by molar-refractivity contribution is 0.403. The van der Waals surface area contributed by atoms with E-state index in [1.165, 1.54) is 44.1 Å². The van der Waals surface area contributed by atoms with Crippen LogP contribution in [-0.2, 0) is 0 Å². The third-order valence-corrected chi connectivity index (χ3v) is 4.87. The van der Waals surface area contributed by atoms with Crippen molar-refractivity contribution in [2.75, 3.05) is 6.54 Å². The summed E-state index contributed by atoms with van der Waals surface area (Å²) in [5.74, 6) is 0.840. The molecule has 2 rings (SSSR count). The maximum atomic E-state index is 6.07. The van der Waals surface area contributed by atoms with E-state index in [9.17, 15) is 0 Å². The van der Waals surface area contributed by atoms with Crippen molar-refractivity contribution in [3.05, 3.63) is 33.8 Å². The second-order valence-electron chi connectivity index (χ2n) is 5.66. The molecule has 0 aromatic heterocycles. The Bertz CT molecular complexity index is 398. The van der Waals surface area contributed by atoms with Crippen LogP contribution >= 0.6 is 23.2 Å². The summed E-state index contributed by atoms with van der Waals surface area (Å²) in [6.45, 7) is 3.30. The van der Waals surface area contributed by atoms with E-state index in [4.69, 9.17) is 23.2 Å². The van der Waals surface area contributed by atoms with Gasteiger partial charge in [0.15, 0.2) is 0 Å². The van der Waals surface area contributed by atoms with Crippen LogP contribution < -0.4 is 5.32 Å². The lowest BCUT2D eigenvalue weighted by atomic mass is 9.99. The average molecular weight is 300 g/mol. The molecule has 1 unspecified atom stereocenters. The third kappa shape index (κ3) is 4.66. The summed E-state index contributed by atoms with van der Waals surface area (Å²) in [6.07, 6.45) is 8.38. The van der Waals surface area contributed by atoms with Gasteiger partial charge in [-0.1, -0.05) is 55.0 Å². The Kier molecular flexibility index (Phi) is 6.00. The van der Waals surface area contributed by atoms with Crippen molar-refractivity contribution in [1.29, 1.82) is 0 Å². The fourth-order valence-corrected chi connectivity index (χ4v) is 3.12. The monoisotopic (exact) mass is 299 g/mol. The van der Waals surface area contributed by atoms with Crippen molar-refractivity contribution >= 4 is 23.2 Å². The van der Waals surface area contributed by atoms with Crippen LogP contribution in [0.1, 0.15) is 57.1 Å². The first kappa shape index (κ1) is 15.2. The first-order chi connectivity index (χ1) is 9.16. The van der Waals surface area contributed by atoms with Gasteiger partial charge in [-0.05, 0) is 49.9 Å². The summed E-state index contributed by atoms with van der Waals surface area (Å²) < 4.78 is 0. The zero-order valence-corrected chi connectivity index (χ0v) is 13.1. The summed E-state index contributed by atoms with van der Waals surface area (Å²) in [4.78, 5) is 0. The summed E-state index contributed by atoms with van der Waals surface area (Å²) in [7, 11) is 0. The number of hydrogen-bond acceptors (Lipinski definition) is 1. The maximum Gasteiger partial charge on any atom is 0.0595 e. The van der Waals surface area contributed by atoms with Gasteiger partial charge < -0.3 is 5.32 Å². The maximum absolute atomic E-state index is 6.07. The lowest BCUT2D eigenvalue weighted by Crippen LogP contribution is -2.25. The fourth-order valence-electron chi connectivity index (χ4n) is 2.81. The van der Waals surface area contributed by atoms with Crippen molar-refractivity contribution in [2.24, 2.45) is 5.92 Å². The molecule has 0 radical (unpaired) electrons. The van der Waals surface area contributed by atoms with Crippen LogP contribution in [0.15, 0.2) is 18.2 Å². The molecule has 19 heavy (non-hydrogen) atoms. The number of halogens is 2. The Balaban J connectivity index is 1.85. The van der Waals surface area contributed by atoms with Gasteiger partial charge in [0.25, 0.3) is 0 Å². The highest BCUT2D eigenvalue weighted by Gasteiger charge is 2.14. The molecular formula is C16H23Cl2N. The van der Waals surface area contributed by atoms with Crippen LogP contribution in [0, 0.1) is 5.92 Å². The van der Waals surface area contributed by atoms with Crippen LogP contribution in [0.25, 0.3) is 0 Å². The molecule has 0 amide bonds. The third-order valence-electron chi connectivity index (χ3n) is 4.13. The molecule has 0 aliphatic heterocycles. The number of rotatable bonds is 4. The Morgan fingerprint density at radius 3 is 2.42 bits per heavy atom. The Morgan fingerprint density at radius 1 is 1.11 bits per heavy atom. The minimum atomic E-state index is 0.331. The number of benzene rings is 1. The SMILES string of the molecule is CC(NCC1CCCCCC1)c1ccc(Cl)c(Cl)c1. The van der Waals surface area contributed by atoms with E-state index in [0.29, 0.717) is 16.1 Å². The predicted molar refractivity (Wildman–Crippen MR) is 84.1 cm³/mol. The normalized spacial score (nSPS) is 19.1. The second-order valence-corrected chi connectivity index (χ2v) is 6.48. The van der Waals surface area contributed by atoms with E-state index in [2.05, 4.69) is 18.3 Å². The molecule has 0 spiro atoms. The van der Waals surface area contributed by atoms with Gasteiger partial charge in [0.05, 0.1) is 10.0 Å². The molecule has 1 aliphatic rings. The molecule has 1 aromatic carbocycles. The van der Waals surface area contributed by atoms with Crippen LogP contribution in [0.3, 0.4) is 0 Å². The highest BCUT2D eigenvalue weighted by atomic mass is 35.5. The van der Waals surface area contributed by atoms with Crippen LogP contribution in [0.4, 0.5) is 0 Å². The van der Waals surface area contributed by atoms with Crippen LogP contribution in [-0.4, -0.2) is 6.54 Å². The van der Waals surface area contributed by atoms with Gasteiger partial charge in [-0.25, -0.2) is 0 Å². The molecule has 1 N–H and O–H groups in total. The quantitative estimate of drug-likeness (QED) is 0.712. The molecule has 0 bridgehead atoms. The molecule has 106 valence electrons.